The summed E-state index contributed by atoms with van der Waals surface area (Å²) in [7, 11) is 2.15. The summed E-state index contributed by atoms with van der Waals surface area (Å²) in [6, 6.07) is 2.69. The second kappa shape index (κ2) is 4.83. The first-order valence-electron chi connectivity index (χ1n) is 6.11. The third-order valence-electron chi connectivity index (χ3n) is 3.68. The molecule has 0 saturated heterocycles. The van der Waals surface area contributed by atoms with Crippen LogP contribution in [-0.4, -0.2) is 18.1 Å². The molecule has 0 radical (unpaired) electrons. The van der Waals surface area contributed by atoms with Crippen LogP contribution in [0.25, 0.3) is 0 Å². The quantitative estimate of drug-likeness (QED) is 0.847. The normalized spacial score (nSPS) is 16.7. The third kappa shape index (κ3) is 2.05. The molecule has 0 amide bonds. The number of nitrogens with zero attached hydrogens (tertiary/aromatic N) is 2. The zero-order valence-corrected chi connectivity index (χ0v) is 10.2. The second-order valence-corrected chi connectivity index (χ2v) is 4.68. The summed E-state index contributed by atoms with van der Waals surface area (Å²) in [5.74, 6) is 1.08. The van der Waals surface area contributed by atoms with E-state index in [2.05, 4.69) is 23.9 Å². The number of aromatic nitrogens is 1. The van der Waals surface area contributed by atoms with Crippen molar-refractivity contribution < 1.29 is 0 Å². The van der Waals surface area contributed by atoms with E-state index in [0.29, 0.717) is 12.6 Å². The van der Waals surface area contributed by atoms with E-state index in [9.17, 15) is 0 Å². The lowest BCUT2D eigenvalue weighted by Gasteiger charge is -2.27. The summed E-state index contributed by atoms with van der Waals surface area (Å²) < 4.78 is 0. The Morgan fingerprint density at radius 2 is 2.12 bits per heavy atom. The average Bonchev–Trinajstić information content (AvgIpc) is 2.81. The van der Waals surface area contributed by atoms with Crippen LogP contribution >= 0.6 is 0 Å². The molecule has 2 N–H and O–H groups in total. The summed E-state index contributed by atoms with van der Waals surface area (Å²) in [6.45, 7) is 2.68. The van der Waals surface area contributed by atoms with Gasteiger partial charge in [0.25, 0.3) is 0 Å². The van der Waals surface area contributed by atoms with Crippen LogP contribution in [0.5, 0.6) is 0 Å². The first kappa shape index (κ1) is 11.4. The Balaban J connectivity index is 2.27. The molecule has 2 rings (SSSR count). The van der Waals surface area contributed by atoms with E-state index < -0.39 is 0 Å². The molecule has 1 aliphatic carbocycles. The zero-order valence-electron chi connectivity index (χ0n) is 10.2. The van der Waals surface area contributed by atoms with Crippen LogP contribution in [0.15, 0.2) is 12.3 Å². The standard InChI is InChI=1S/C13H21N3/c1-10-7-8-15-13(12(10)9-14)16(2)11-5-3-4-6-11/h7-8,11H,3-6,9,14H2,1-2H3. The number of nitrogens with two attached hydrogens (primary N) is 1. The fourth-order valence-electron chi connectivity index (χ4n) is 2.60. The van der Waals surface area contributed by atoms with E-state index >= 15 is 0 Å². The Hall–Kier alpha value is -1.09. The van der Waals surface area contributed by atoms with Gasteiger partial charge in [-0.1, -0.05) is 12.8 Å². The number of anilines is 1. The molecule has 0 bridgehead atoms. The molecule has 1 saturated carbocycles. The third-order valence-corrected chi connectivity index (χ3v) is 3.68. The van der Waals surface area contributed by atoms with E-state index in [1.54, 1.807) is 0 Å². The van der Waals surface area contributed by atoms with E-state index in [-0.39, 0.29) is 0 Å². The van der Waals surface area contributed by atoms with Gasteiger partial charge in [-0.3, -0.25) is 0 Å². The van der Waals surface area contributed by atoms with Gasteiger partial charge in [0.2, 0.25) is 0 Å². The molecule has 0 atom stereocenters. The van der Waals surface area contributed by atoms with Crippen molar-refractivity contribution in [3.63, 3.8) is 0 Å². The molecular weight excluding hydrogens is 198 g/mol. The van der Waals surface area contributed by atoms with Crippen molar-refractivity contribution in [2.45, 2.75) is 45.2 Å². The molecule has 16 heavy (non-hydrogen) atoms. The maximum atomic E-state index is 5.82. The van der Waals surface area contributed by atoms with Crippen molar-refractivity contribution >= 4 is 5.82 Å². The molecule has 1 heterocycles. The van der Waals surface area contributed by atoms with E-state index in [4.69, 9.17) is 5.73 Å². The maximum Gasteiger partial charge on any atom is 0.133 e. The van der Waals surface area contributed by atoms with Gasteiger partial charge >= 0.3 is 0 Å². The van der Waals surface area contributed by atoms with Gasteiger partial charge in [-0.15, -0.1) is 0 Å². The second-order valence-electron chi connectivity index (χ2n) is 4.68. The number of aryl methyl sites for hydroxylation is 1. The molecule has 0 spiro atoms. The Kier molecular flexibility index (Phi) is 3.44. The fourth-order valence-corrected chi connectivity index (χ4v) is 2.60. The predicted molar refractivity (Wildman–Crippen MR) is 67.5 cm³/mol. The molecule has 1 aromatic rings. The van der Waals surface area contributed by atoms with Crippen LogP contribution in [0, 0.1) is 6.92 Å². The smallest absolute Gasteiger partial charge is 0.133 e. The minimum Gasteiger partial charge on any atom is -0.356 e. The highest BCUT2D eigenvalue weighted by Crippen LogP contribution is 2.28. The minimum atomic E-state index is 0.575. The van der Waals surface area contributed by atoms with Gasteiger partial charge in [-0.2, -0.15) is 0 Å². The van der Waals surface area contributed by atoms with Gasteiger partial charge in [-0.05, 0) is 31.4 Å². The lowest BCUT2D eigenvalue weighted by atomic mass is 10.1. The molecule has 0 aliphatic heterocycles. The highest BCUT2D eigenvalue weighted by atomic mass is 15.2. The lowest BCUT2D eigenvalue weighted by Crippen LogP contribution is -2.31. The number of hydrogen-bond donors (Lipinski definition) is 1. The van der Waals surface area contributed by atoms with Crippen LogP contribution in [0.2, 0.25) is 0 Å². The summed E-state index contributed by atoms with van der Waals surface area (Å²) >= 11 is 0. The Labute approximate surface area is 97.7 Å². The lowest BCUT2D eigenvalue weighted by molar-refractivity contribution is 0.643. The van der Waals surface area contributed by atoms with Crippen molar-refractivity contribution in [3.05, 3.63) is 23.4 Å². The van der Waals surface area contributed by atoms with Crippen molar-refractivity contribution in [2.75, 3.05) is 11.9 Å². The molecule has 88 valence electrons. The van der Waals surface area contributed by atoms with Crippen LogP contribution in [0.3, 0.4) is 0 Å². The highest BCUT2D eigenvalue weighted by Gasteiger charge is 2.22. The number of pyridine rings is 1. The molecule has 3 heteroatoms. The minimum absolute atomic E-state index is 0.575. The van der Waals surface area contributed by atoms with E-state index in [1.807, 2.05) is 12.3 Å². The first-order valence-corrected chi connectivity index (χ1v) is 6.11. The van der Waals surface area contributed by atoms with Crippen molar-refractivity contribution in [3.8, 4) is 0 Å². The fraction of sp³-hybridized carbons (Fsp3) is 0.615. The number of rotatable bonds is 3. The van der Waals surface area contributed by atoms with Crippen LogP contribution < -0.4 is 10.6 Å². The topological polar surface area (TPSA) is 42.2 Å². The van der Waals surface area contributed by atoms with Gasteiger partial charge in [-0.25, -0.2) is 4.98 Å². The monoisotopic (exact) mass is 219 g/mol. The van der Waals surface area contributed by atoms with Gasteiger partial charge in [0, 0.05) is 31.4 Å². The van der Waals surface area contributed by atoms with E-state index in [0.717, 1.165) is 5.82 Å². The van der Waals surface area contributed by atoms with Crippen LogP contribution in [-0.2, 0) is 6.54 Å². The molecule has 1 aromatic heterocycles. The van der Waals surface area contributed by atoms with Crippen molar-refractivity contribution in [2.24, 2.45) is 5.73 Å². The average molecular weight is 219 g/mol. The van der Waals surface area contributed by atoms with Gasteiger partial charge < -0.3 is 10.6 Å². The molecule has 3 nitrogen and oxygen atoms in total. The SMILES string of the molecule is Cc1ccnc(N(C)C2CCCC2)c1CN. The predicted octanol–water partition coefficient (Wildman–Crippen LogP) is 2.23. The summed E-state index contributed by atoms with van der Waals surface area (Å²) in [5, 5.41) is 0. The summed E-state index contributed by atoms with van der Waals surface area (Å²) in [6.07, 6.45) is 7.15. The van der Waals surface area contributed by atoms with Crippen molar-refractivity contribution in [1.29, 1.82) is 0 Å². The Morgan fingerprint density at radius 1 is 1.44 bits per heavy atom. The largest absolute Gasteiger partial charge is 0.356 e. The summed E-state index contributed by atoms with van der Waals surface area (Å²) in [5.41, 5.74) is 8.26. The van der Waals surface area contributed by atoms with Crippen LogP contribution in [0.4, 0.5) is 5.82 Å². The Bertz CT molecular complexity index is 356. The van der Waals surface area contributed by atoms with Gasteiger partial charge in [0.05, 0.1) is 0 Å². The molecule has 0 aromatic carbocycles. The van der Waals surface area contributed by atoms with E-state index in [1.165, 1.54) is 36.8 Å². The highest BCUT2D eigenvalue weighted by molar-refractivity contribution is 5.50. The molecule has 1 aliphatic rings. The van der Waals surface area contributed by atoms with Gasteiger partial charge in [0.15, 0.2) is 0 Å². The zero-order chi connectivity index (χ0) is 11.5. The maximum absolute atomic E-state index is 5.82. The van der Waals surface area contributed by atoms with Gasteiger partial charge in [0.1, 0.15) is 5.82 Å². The Morgan fingerprint density at radius 3 is 2.75 bits per heavy atom. The first-order chi connectivity index (χ1) is 7.74. The molecular formula is C13H21N3. The number of hydrogen-bond acceptors (Lipinski definition) is 3. The summed E-state index contributed by atoms with van der Waals surface area (Å²) in [4.78, 5) is 6.82. The van der Waals surface area contributed by atoms with Crippen molar-refractivity contribution in [1.82, 2.24) is 4.98 Å². The molecule has 1 fully saturated rings. The molecule has 0 unspecified atom stereocenters. The van der Waals surface area contributed by atoms with Crippen LogP contribution in [0.1, 0.15) is 36.8 Å².